The quantitative estimate of drug-likeness (QED) is 0.345. The lowest BCUT2D eigenvalue weighted by Gasteiger charge is -2.43. The van der Waals surface area contributed by atoms with Crippen molar-refractivity contribution in [1.29, 1.82) is 5.26 Å². The van der Waals surface area contributed by atoms with E-state index in [9.17, 15) is 28.3 Å². The number of carbonyl (C=O) groups is 1. The molecule has 0 bridgehead atoms. The van der Waals surface area contributed by atoms with Crippen LogP contribution in [0.4, 0.5) is 30.6 Å². The number of hydrogen-bond acceptors (Lipinski definition) is 12. The number of hydrogen-bond donors (Lipinski definition) is 2. The van der Waals surface area contributed by atoms with Crippen LogP contribution in [0.25, 0.3) is 11.3 Å². The van der Waals surface area contributed by atoms with E-state index >= 15 is 0 Å². The van der Waals surface area contributed by atoms with Gasteiger partial charge in [-0.05, 0) is 37.3 Å². The molecule has 3 aliphatic rings. The molecule has 3 fully saturated rings. The van der Waals surface area contributed by atoms with Crippen LogP contribution >= 0.6 is 0 Å². The molecule has 1 aromatic carbocycles. The van der Waals surface area contributed by atoms with Gasteiger partial charge < -0.3 is 34.4 Å². The molecule has 3 aromatic rings. The fourth-order valence-electron chi connectivity index (χ4n) is 5.94. The molecule has 0 aliphatic carbocycles. The summed E-state index contributed by atoms with van der Waals surface area (Å²) < 4.78 is 61.3. The number of piperazine rings is 1. The molecule has 6 rings (SSSR count). The van der Waals surface area contributed by atoms with Gasteiger partial charge in [0.05, 0.1) is 44.7 Å². The standard InChI is InChI=1S/C32H35F3N8O5/c1-19(44)30(45)43-8-7-26(32(34,35)18-43)48-25-5-3-20(13-21(25)14-36)28-23(33)15-37-31(40-28)39-27-6-4-24(29(38-27)46-2)42-11-9-41(10-12-42)22-16-47-17-22/h3-6,13,15,19,22,26,44H,7-12,16-18H2,1-2H3,(H,37,38,39,40)/t19-,26-/m0/s1. The van der Waals surface area contributed by atoms with E-state index in [1.165, 1.54) is 32.2 Å². The van der Waals surface area contributed by atoms with Crippen molar-refractivity contribution in [2.24, 2.45) is 0 Å². The predicted molar refractivity (Wildman–Crippen MR) is 167 cm³/mol. The molecule has 0 radical (unpaired) electrons. The zero-order valence-corrected chi connectivity index (χ0v) is 26.4. The fraction of sp³-hybridized carbons (Fsp3) is 0.469. The summed E-state index contributed by atoms with van der Waals surface area (Å²) in [5, 5.41) is 22.3. The first-order valence-electron chi connectivity index (χ1n) is 15.5. The van der Waals surface area contributed by atoms with Crippen LogP contribution in [0.2, 0.25) is 0 Å². The first-order valence-corrected chi connectivity index (χ1v) is 15.5. The molecule has 2 N–H and O–H groups in total. The van der Waals surface area contributed by atoms with Crippen LogP contribution in [0.15, 0.2) is 36.5 Å². The molecule has 0 unspecified atom stereocenters. The van der Waals surface area contributed by atoms with Gasteiger partial charge in [0.25, 0.3) is 5.91 Å². The number of aromatic nitrogens is 3. The third-order valence-corrected chi connectivity index (χ3v) is 8.66. The number of piperidine rings is 1. The number of pyridine rings is 1. The lowest BCUT2D eigenvalue weighted by Crippen LogP contribution is -2.56. The van der Waals surface area contributed by atoms with Crippen LogP contribution in [0, 0.1) is 17.1 Å². The van der Waals surface area contributed by atoms with Crippen molar-refractivity contribution >= 4 is 23.4 Å². The number of ether oxygens (including phenoxy) is 3. The van der Waals surface area contributed by atoms with Gasteiger partial charge in [0, 0.05) is 44.7 Å². The van der Waals surface area contributed by atoms with Crippen molar-refractivity contribution < 1.29 is 37.3 Å². The van der Waals surface area contributed by atoms with Crippen molar-refractivity contribution in [1.82, 2.24) is 24.8 Å². The Morgan fingerprint density at radius 3 is 2.58 bits per heavy atom. The Bertz CT molecular complexity index is 1690. The minimum absolute atomic E-state index is 0.0296. The normalized spacial score (nSPS) is 20.4. The number of nitrogens with zero attached hydrogens (tertiary/aromatic N) is 7. The van der Waals surface area contributed by atoms with Crippen LogP contribution in [0.5, 0.6) is 11.6 Å². The predicted octanol–water partition coefficient (Wildman–Crippen LogP) is 2.82. The molecule has 0 saturated carbocycles. The van der Waals surface area contributed by atoms with Crippen LogP contribution in [-0.4, -0.2) is 120 Å². The number of alkyl halides is 2. The summed E-state index contributed by atoms with van der Waals surface area (Å²) in [6, 6.07) is 10.0. The van der Waals surface area contributed by atoms with Crippen LogP contribution in [0.3, 0.4) is 0 Å². The minimum Gasteiger partial charge on any atom is -0.483 e. The third kappa shape index (κ3) is 6.93. The Morgan fingerprint density at radius 2 is 1.94 bits per heavy atom. The number of amides is 1. The summed E-state index contributed by atoms with van der Waals surface area (Å²) in [5.41, 5.74) is 0.793. The first-order chi connectivity index (χ1) is 23.1. The van der Waals surface area contributed by atoms with Gasteiger partial charge in [0.1, 0.15) is 35.1 Å². The monoisotopic (exact) mass is 668 g/mol. The number of aliphatic hydroxyl groups excluding tert-OH is 1. The molecule has 3 saturated heterocycles. The molecule has 0 spiro atoms. The van der Waals surface area contributed by atoms with Gasteiger partial charge in [-0.1, -0.05) is 0 Å². The Hall–Kier alpha value is -4.72. The average molecular weight is 669 g/mol. The molecule has 5 heterocycles. The van der Waals surface area contributed by atoms with Crippen LogP contribution in [-0.2, 0) is 9.53 Å². The average Bonchev–Trinajstić information content (AvgIpc) is 3.05. The van der Waals surface area contributed by atoms with Crippen molar-refractivity contribution in [2.75, 3.05) is 69.8 Å². The zero-order valence-electron chi connectivity index (χ0n) is 26.4. The van der Waals surface area contributed by atoms with E-state index in [0.717, 1.165) is 56.2 Å². The smallest absolute Gasteiger partial charge is 0.301 e. The van der Waals surface area contributed by atoms with Gasteiger partial charge in [-0.15, -0.1) is 0 Å². The molecule has 2 aromatic heterocycles. The van der Waals surface area contributed by atoms with Gasteiger partial charge in [0.2, 0.25) is 11.8 Å². The highest BCUT2D eigenvalue weighted by molar-refractivity contribution is 5.80. The van der Waals surface area contributed by atoms with Gasteiger partial charge in [-0.3, -0.25) is 9.69 Å². The number of anilines is 3. The van der Waals surface area contributed by atoms with Gasteiger partial charge in [0.15, 0.2) is 11.9 Å². The first kappa shape index (κ1) is 33.2. The van der Waals surface area contributed by atoms with E-state index < -0.39 is 36.4 Å². The van der Waals surface area contributed by atoms with Crippen molar-refractivity contribution in [3.05, 3.63) is 47.9 Å². The maximum Gasteiger partial charge on any atom is 0.301 e. The molecule has 48 heavy (non-hydrogen) atoms. The van der Waals surface area contributed by atoms with E-state index in [-0.39, 0.29) is 41.5 Å². The number of nitrogens with one attached hydrogen (secondary N) is 1. The number of aliphatic hydroxyl groups is 1. The largest absolute Gasteiger partial charge is 0.483 e. The molecule has 1 amide bonds. The van der Waals surface area contributed by atoms with E-state index in [1.54, 1.807) is 6.07 Å². The Labute approximate surface area is 274 Å². The molecule has 13 nitrogen and oxygen atoms in total. The number of rotatable bonds is 9. The Kier molecular flexibility index (Phi) is 9.54. The van der Waals surface area contributed by atoms with Crippen molar-refractivity contribution in [2.45, 2.75) is 37.5 Å². The topological polar surface area (TPSA) is 149 Å². The summed E-state index contributed by atoms with van der Waals surface area (Å²) >= 11 is 0. The highest BCUT2D eigenvalue weighted by Crippen LogP contribution is 2.35. The van der Waals surface area contributed by atoms with Crippen LogP contribution < -0.4 is 19.7 Å². The number of benzene rings is 1. The number of halogens is 3. The van der Waals surface area contributed by atoms with E-state index in [0.29, 0.717) is 17.7 Å². The van der Waals surface area contributed by atoms with Gasteiger partial charge in [-0.2, -0.15) is 10.2 Å². The number of methoxy groups -OCH3 is 1. The lowest BCUT2D eigenvalue weighted by atomic mass is 10.0. The summed E-state index contributed by atoms with van der Waals surface area (Å²) in [5.74, 6) is -4.33. The summed E-state index contributed by atoms with van der Waals surface area (Å²) in [7, 11) is 1.53. The number of carbonyl (C=O) groups excluding carboxylic acids is 1. The molecule has 16 heteroatoms. The second-order valence-corrected chi connectivity index (χ2v) is 11.9. The maximum absolute atomic E-state index is 15.0. The molecular formula is C32H35F3N8O5. The third-order valence-electron chi connectivity index (χ3n) is 8.66. The summed E-state index contributed by atoms with van der Waals surface area (Å²) in [4.78, 5) is 30.4. The SMILES string of the molecule is COc1nc(Nc2ncc(F)c(-c3ccc(O[C@H]4CCN(C(=O)[C@H](C)O)CC4(F)F)c(C#N)c3)n2)ccc1N1CCN(C2COC2)CC1. The Balaban J connectivity index is 1.15. The minimum atomic E-state index is -3.44. The summed E-state index contributed by atoms with van der Waals surface area (Å²) in [6.45, 7) is 5.21. The molecular weight excluding hydrogens is 633 g/mol. The molecule has 2 atom stereocenters. The zero-order chi connectivity index (χ0) is 34.0. The molecule has 3 aliphatic heterocycles. The van der Waals surface area contributed by atoms with Crippen molar-refractivity contribution in [3.8, 4) is 29.0 Å². The van der Waals surface area contributed by atoms with Crippen molar-refractivity contribution in [3.63, 3.8) is 0 Å². The second-order valence-electron chi connectivity index (χ2n) is 11.9. The van der Waals surface area contributed by atoms with Crippen LogP contribution in [0.1, 0.15) is 18.9 Å². The highest BCUT2D eigenvalue weighted by Gasteiger charge is 2.48. The summed E-state index contributed by atoms with van der Waals surface area (Å²) in [6.07, 6.45) is -2.27. The highest BCUT2D eigenvalue weighted by atomic mass is 19.3. The van der Waals surface area contributed by atoms with E-state index in [1.807, 2.05) is 12.1 Å². The fourth-order valence-corrected chi connectivity index (χ4v) is 5.94. The lowest BCUT2D eigenvalue weighted by molar-refractivity contribution is -0.165. The Morgan fingerprint density at radius 1 is 1.17 bits per heavy atom. The van der Waals surface area contributed by atoms with Gasteiger partial charge in [-0.25, -0.2) is 23.1 Å². The van der Waals surface area contributed by atoms with E-state index in [2.05, 4.69) is 30.1 Å². The number of nitriles is 1. The number of likely N-dealkylation sites (tertiary alicyclic amines) is 1. The van der Waals surface area contributed by atoms with E-state index in [4.69, 9.17) is 14.2 Å². The maximum atomic E-state index is 15.0. The second kappa shape index (κ2) is 13.8. The van der Waals surface area contributed by atoms with Gasteiger partial charge >= 0.3 is 5.92 Å². The molecule has 254 valence electrons.